The third-order valence-corrected chi connectivity index (χ3v) is 3.95. The van der Waals surface area contributed by atoms with Gasteiger partial charge in [-0.25, -0.2) is 0 Å². The van der Waals surface area contributed by atoms with Crippen LogP contribution in [0.25, 0.3) is 0 Å². The van der Waals surface area contributed by atoms with E-state index in [4.69, 9.17) is 9.47 Å². The monoisotopic (exact) mass is 370 g/mol. The van der Waals surface area contributed by atoms with Gasteiger partial charge in [0.2, 0.25) is 0 Å². The van der Waals surface area contributed by atoms with Crippen LogP contribution < -0.4 is 4.74 Å². The van der Waals surface area contributed by atoms with E-state index in [1.54, 1.807) is 48.5 Å². The normalized spacial score (nSPS) is 11.7. The van der Waals surface area contributed by atoms with Crippen molar-refractivity contribution >= 4 is 11.9 Å². The highest BCUT2D eigenvalue weighted by molar-refractivity contribution is 5.94. The van der Waals surface area contributed by atoms with Gasteiger partial charge in [-0.05, 0) is 49.7 Å². The van der Waals surface area contributed by atoms with Crippen molar-refractivity contribution in [2.24, 2.45) is 5.92 Å². The van der Waals surface area contributed by atoms with Gasteiger partial charge in [0.05, 0.1) is 19.1 Å². The largest absolute Gasteiger partial charge is 0.491 e. The number of amides is 1. The summed E-state index contributed by atoms with van der Waals surface area (Å²) in [6.07, 6.45) is 3.46. The zero-order chi connectivity index (χ0) is 19.8. The lowest BCUT2D eigenvalue weighted by Crippen LogP contribution is -2.36. The minimum atomic E-state index is -0.431. The SMILES string of the molecule is COC(=O)C(C)CN(Cc1cccnc1)C(=O)c1ccc(OC(C)C)cc1. The van der Waals surface area contributed by atoms with Crippen molar-refractivity contribution in [3.8, 4) is 5.75 Å². The van der Waals surface area contributed by atoms with Crippen LogP contribution in [-0.2, 0) is 16.1 Å². The molecule has 0 aliphatic heterocycles. The molecule has 0 fully saturated rings. The van der Waals surface area contributed by atoms with E-state index in [0.717, 1.165) is 5.56 Å². The first kappa shape index (κ1) is 20.4. The first-order valence-electron chi connectivity index (χ1n) is 8.93. The number of ether oxygens (including phenoxy) is 2. The van der Waals surface area contributed by atoms with Crippen LogP contribution in [0.5, 0.6) is 5.75 Å². The summed E-state index contributed by atoms with van der Waals surface area (Å²) in [6.45, 7) is 6.25. The van der Waals surface area contributed by atoms with Crippen LogP contribution in [0.4, 0.5) is 0 Å². The standard InChI is InChI=1S/C21H26N2O4/c1-15(2)27-19-9-7-18(8-10-19)20(24)23(13-16(3)21(25)26-4)14-17-6-5-11-22-12-17/h5-12,15-16H,13-14H2,1-4H3. The maximum absolute atomic E-state index is 13.0. The quantitative estimate of drug-likeness (QED) is 0.667. The second-order valence-electron chi connectivity index (χ2n) is 6.66. The number of aromatic nitrogens is 1. The maximum atomic E-state index is 13.0. The van der Waals surface area contributed by atoms with Crippen molar-refractivity contribution in [2.75, 3.05) is 13.7 Å². The van der Waals surface area contributed by atoms with Crippen LogP contribution in [0.3, 0.4) is 0 Å². The predicted octanol–water partition coefficient (Wildman–Crippen LogP) is 3.32. The van der Waals surface area contributed by atoms with Crippen molar-refractivity contribution in [1.29, 1.82) is 0 Å². The topological polar surface area (TPSA) is 68.7 Å². The van der Waals surface area contributed by atoms with Gasteiger partial charge in [0, 0.05) is 31.0 Å². The fraction of sp³-hybridized carbons (Fsp3) is 0.381. The summed E-state index contributed by atoms with van der Waals surface area (Å²) in [5.41, 5.74) is 1.43. The Labute approximate surface area is 160 Å². The average Bonchev–Trinajstić information content (AvgIpc) is 2.67. The molecule has 6 heteroatoms. The molecule has 2 aromatic rings. The van der Waals surface area contributed by atoms with Crippen LogP contribution in [0.15, 0.2) is 48.8 Å². The number of nitrogens with zero attached hydrogens (tertiary/aromatic N) is 2. The lowest BCUT2D eigenvalue weighted by atomic mass is 10.1. The molecule has 1 heterocycles. The molecule has 27 heavy (non-hydrogen) atoms. The molecule has 0 bridgehead atoms. The molecule has 1 aromatic heterocycles. The van der Waals surface area contributed by atoms with Gasteiger partial charge < -0.3 is 14.4 Å². The van der Waals surface area contributed by atoms with Crippen LogP contribution >= 0.6 is 0 Å². The predicted molar refractivity (Wildman–Crippen MR) is 102 cm³/mol. The number of hydrogen-bond donors (Lipinski definition) is 0. The van der Waals surface area contributed by atoms with Gasteiger partial charge in [-0.3, -0.25) is 14.6 Å². The molecule has 1 unspecified atom stereocenters. The molecule has 0 saturated heterocycles. The number of esters is 1. The minimum absolute atomic E-state index is 0.0644. The highest BCUT2D eigenvalue weighted by Crippen LogP contribution is 2.17. The third-order valence-electron chi connectivity index (χ3n) is 3.95. The molecule has 144 valence electrons. The van der Waals surface area contributed by atoms with E-state index in [2.05, 4.69) is 4.98 Å². The van der Waals surface area contributed by atoms with Crippen LogP contribution in [-0.4, -0.2) is 41.5 Å². The molecule has 2 rings (SSSR count). The summed E-state index contributed by atoms with van der Waals surface area (Å²) in [7, 11) is 1.35. The number of rotatable bonds is 8. The van der Waals surface area contributed by atoms with Crippen LogP contribution in [0.1, 0.15) is 36.7 Å². The highest BCUT2D eigenvalue weighted by Gasteiger charge is 2.23. The van der Waals surface area contributed by atoms with Gasteiger partial charge in [0.1, 0.15) is 5.75 Å². The van der Waals surface area contributed by atoms with Crippen molar-refractivity contribution in [2.45, 2.75) is 33.4 Å². The van der Waals surface area contributed by atoms with Crippen LogP contribution in [0, 0.1) is 5.92 Å². The molecule has 0 spiro atoms. The molecule has 0 aliphatic rings. The fourth-order valence-corrected chi connectivity index (χ4v) is 2.67. The zero-order valence-corrected chi connectivity index (χ0v) is 16.2. The Bertz CT molecular complexity index is 745. The summed E-state index contributed by atoms with van der Waals surface area (Å²) in [5.74, 6) is -0.229. The second kappa shape index (κ2) is 9.71. The molecule has 1 aromatic carbocycles. The summed E-state index contributed by atoms with van der Waals surface area (Å²) < 4.78 is 10.4. The van der Waals surface area contributed by atoms with Crippen molar-refractivity contribution in [3.63, 3.8) is 0 Å². The molecule has 6 nitrogen and oxygen atoms in total. The van der Waals surface area contributed by atoms with Crippen LogP contribution in [0.2, 0.25) is 0 Å². The number of carbonyl (C=O) groups excluding carboxylic acids is 2. The molecule has 0 radical (unpaired) electrons. The highest BCUT2D eigenvalue weighted by atomic mass is 16.5. The molecule has 0 N–H and O–H groups in total. The van der Waals surface area contributed by atoms with Gasteiger partial charge >= 0.3 is 5.97 Å². The molecule has 1 amide bonds. The van der Waals surface area contributed by atoms with Gasteiger partial charge in [-0.1, -0.05) is 13.0 Å². The number of pyridine rings is 1. The number of carbonyl (C=O) groups is 2. The molecule has 0 saturated carbocycles. The van der Waals surface area contributed by atoms with E-state index < -0.39 is 5.92 Å². The van der Waals surface area contributed by atoms with E-state index in [-0.39, 0.29) is 24.5 Å². The third kappa shape index (κ3) is 6.09. The summed E-state index contributed by atoms with van der Waals surface area (Å²) in [6, 6.07) is 10.7. The van der Waals surface area contributed by atoms with E-state index in [1.807, 2.05) is 26.0 Å². The second-order valence-corrected chi connectivity index (χ2v) is 6.66. The van der Waals surface area contributed by atoms with E-state index >= 15 is 0 Å². The van der Waals surface area contributed by atoms with Gasteiger partial charge in [0.25, 0.3) is 5.91 Å². The first-order valence-corrected chi connectivity index (χ1v) is 8.93. The van der Waals surface area contributed by atoms with Gasteiger partial charge in [-0.2, -0.15) is 0 Å². The summed E-state index contributed by atoms with van der Waals surface area (Å²) in [4.78, 5) is 30.6. The van der Waals surface area contributed by atoms with Crippen molar-refractivity contribution in [3.05, 3.63) is 59.9 Å². The zero-order valence-electron chi connectivity index (χ0n) is 16.2. The lowest BCUT2D eigenvalue weighted by Gasteiger charge is -2.25. The number of benzene rings is 1. The Morgan fingerprint density at radius 1 is 1.11 bits per heavy atom. The van der Waals surface area contributed by atoms with Gasteiger partial charge in [-0.15, -0.1) is 0 Å². The molecular weight excluding hydrogens is 344 g/mol. The average molecular weight is 370 g/mol. The van der Waals surface area contributed by atoms with Gasteiger partial charge in [0.15, 0.2) is 0 Å². The Balaban J connectivity index is 2.20. The Morgan fingerprint density at radius 2 is 1.81 bits per heavy atom. The fourth-order valence-electron chi connectivity index (χ4n) is 2.67. The van der Waals surface area contributed by atoms with Crippen molar-refractivity contribution < 1.29 is 19.1 Å². The summed E-state index contributed by atoms with van der Waals surface area (Å²) >= 11 is 0. The molecule has 0 aliphatic carbocycles. The number of methoxy groups -OCH3 is 1. The van der Waals surface area contributed by atoms with E-state index in [9.17, 15) is 9.59 Å². The first-order chi connectivity index (χ1) is 12.9. The molecular formula is C21H26N2O4. The summed E-state index contributed by atoms with van der Waals surface area (Å²) in [5, 5.41) is 0. The Kier molecular flexibility index (Phi) is 7.34. The van der Waals surface area contributed by atoms with E-state index in [1.165, 1.54) is 7.11 Å². The smallest absolute Gasteiger partial charge is 0.310 e. The van der Waals surface area contributed by atoms with E-state index in [0.29, 0.717) is 17.9 Å². The van der Waals surface area contributed by atoms with Crippen molar-refractivity contribution in [1.82, 2.24) is 9.88 Å². The number of hydrogen-bond acceptors (Lipinski definition) is 5. The molecule has 1 atom stereocenters. The Hall–Kier alpha value is -2.89. The maximum Gasteiger partial charge on any atom is 0.310 e. The Morgan fingerprint density at radius 3 is 2.37 bits per heavy atom. The minimum Gasteiger partial charge on any atom is -0.491 e. The lowest BCUT2D eigenvalue weighted by molar-refractivity contribution is -0.145.